The molecule has 3 aromatic rings. The van der Waals surface area contributed by atoms with Crippen LogP contribution in [-0.2, 0) is 24.1 Å². The second kappa shape index (κ2) is 11.4. The molecular weight excluding hydrogens is 524 g/mol. The van der Waals surface area contributed by atoms with Crippen LogP contribution in [0.4, 0.5) is 27.7 Å². The maximum Gasteiger partial charge on any atom is 0.323 e. The molecule has 2 saturated heterocycles. The van der Waals surface area contributed by atoms with Crippen molar-refractivity contribution in [2.24, 2.45) is 0 Å². The van der Waals surface area contributed by atoms with Crippen molar-refractivity contribution in [2.45, 2.75) is 4.90 Å². The summed E-state index contributed by atoms with van der Waals surface area (Å²) in [5.74, 6) is 0.632. The molecule has 0 spiro atoms. The highest BCUT2D eigenvalue weighted by molar-refractivity contribution is 7.90. The van der Waals surface area contributed by atoms with E-state index in [-0.39, 0.29) is 17.4 Å². The topological polar surface area (TPSA) is 143 Å². The molecule has 5 rings (SSSR count). The van der Waals surface area contributed by atoms with E-state index in [1.54, 1.807) is 53.4 Å². The van der Waals surface area contributed by atoms with Crippen molar-refractivity contribution in [1.82, 2.24) is 9.97 Å². The van der Waals surface area contributed by atoms with Crippen molar-refractivity contribution in [2.75, 3.05) is 72.8 Å². The molecule has 2 aromatic carbocycles. The summed E-state index contributed by atoms with van der Waals surface area (Å²) in [6, 6.07) is 13.5. The normalized spacial score (nSPS) is 16.2. The number of carbonyl (C=O) groups excluding carboxylic acids is 2. The van der Waals surface area contributed by atoms with E-state index in [2.05, 4.69) is 20.6 Å². The lowest BCUT2D eigenvalue weighted by Gasteiger charge is -2.29. The van der Waals surface area contributed by atoms with Gasteiger partial charge in [-0.25, -0.2) is 23.2 Å². The van der Waals surface area contributed by atoms with Crippen LogP contribution in [0.5, 0.6) is 0 Å². The Labute approximate surface area is 225 Å². The summed E-state index contributed by atoms with van der Waals surface area (Å²) in [6.07, 6.45) is 2.47. The number of urea groups is 1. The van der Waals surface area contributed by atoms with E-state index in [0.717, 1.165) is 11.9 Å². The molecular formula is C26H28N6O6S. The summed E-state index contributed by atoms with van der Waals surface area (Å²) in [5.41, 5.74) is 2.54. The van der Waals surface area contributed by atoms with Crippen LogP contribution in [0.15, 0.2) is 59.6 Å². The van der Waals surface area contributed by atoms with Crippen molar-refractivity contribution in [3.63, 3.8) is 0 Å². The number of morpholine rings is 2. The van der Waals surface area contributed by atoms with Crippen molar-refractivity contribution < 1.29 is 27.5 Å². The number of carbonyl (C=O) groups is 2. The second-order valence-corrected chi connectivity index (χ2v) is 11.0. The van der Waals surface area contributed by atoms with Gasteiger partial charge in [-0.3, -0.25) is 4.79 Å². The Hall–Kier alpha value is -4.07. The molecule has 13 heteroatoms. The van der Waals surface area contributed by atoms with E-state index in [4.69, 9.17) is 9.47 Å². The number of rotatable bonds is 6. The molecule has 2 fully saturated rings. The summed E-state index contributed by atoms with van der Waals surface area (Å²) in [4.78, 5) is 37.0. The lowest BCUT2D eigenvalue weighted by Crippen LogP contribution is -2.41. The predicted octanol–water partition coefficient (Wildman–Crippen LogP) is 2.39. The van der Waals surface area contributed by atoms with Crippen molar-refractivity contribution in [1.29, 1.82) is 0 Å². The fourth-order valence-corrected chi connectivity index (χ4v) is 5.03. The predicted molar refractivity (Wildman–Crippen MR) is 146 cm³/mol. The van der Waals surface area contributed by atoms with Crippen LogP contribution in [0.2, 0.25) is 0 Å². The molecule has 2 N–H and O–H groups in total. The summed E-state index contributed by atoms with van der Waals surface area (Å²) < 4.78 is 35.2. The number of amides is 3. The van der Waals surface area contributed by atoms with Crippen LogP contribution in [0.25, 0.3) is 11.4 Å². The zero-order valence-corrected chi connectivity index (χ0v) is 22.1. The molecule has 0 bridgehead atoms. The van der Waals surface area contributed by atoms with Gasteiger partial charge in [0, 0.05) is 48.5 Å². The Morgan fingerprint density at radius 2 is 1.51 bits per heavy atom. The standard InChI is InChI=1S/C26H28N6O6S/c1-39(35,36)22-16-27-24(30-25(22)31-10-13-37-14-11-31)18-2-4-19(5-3-18)28-26(34)29-20-6-8-21(9-7-20)32-12-15-38-17-23(32)33/h2-9,16H,10-15,17H2,1H3,(H2,28,29,34). The van der Waals surface area contributed by atoms with Gasteiger partial charge in [0.05, 0.1) is 26.0 Å². The number of ether oxygens (including phenoxy) is 2. The van der Waals surface area contributed by atoms with Gasteiger partial charge in [0.2, 0.25) is 0 Å². The molecule has 3 heterocycles. The highest BCUT2D eigenvalue weighted by Crippen LogP contribution is 2.27. The molecule has 2 aliphatic rings. The molecule has 1 aromatic heterocycles. The molecule has 39 heavy (non-hydrogen) atoms. The highest BCUT2D eigenvalue weighted by atomic mass is 32.2. The highest BCUT2D eigenvalue weighted by Gasteiger charge is 2.24. The van der Waals surface area contributed by atoms with Crippen LogP contribution >= 0.6 is 0 Å². The average molecular weight is 553 g/mol. The maximum absolute atomic E-state index is 12.5. The first-order chi connectivity index (χ1) is 18.8. The van der Waals surface area contributed by atoms with Gasteiger partial charge < -0.3 is 29.9 Å². The second-order valence-electron chi connectivity index (χ2n) is 9.05. The smallest absolute Gasteiger partial charge is 0.323 e. The SMILES string of the molecule is CS(=O)(=O)c1cnc(-c2ccc(NC(=O)Nc3ccc(N4CCOCC4=O)cc3)cc2)nc1N1CCOCC1. The Balaban J connectivity index is 1.25. The fourth-order valence-electron chi connectivity index (χ4n) is 4.28. The Morgan fingerprint density at radius 1 is 0.897 bits per heavy atom. The number of benzene rings is 2. The minimum Gasteiger partial charge on any atom is -0.378 e. The number of nitrogens with one attached hydrogen (secondary N) is 2. The van der Waals surface area contributed by atoms with Gasteiger partial charge in [-0.05, 0) is 48.5 Å². The number of nitrogens with zero attached hydrogens (tertiary/aromatic N) is 4. The Morgan fingerprint density at radius 3 is 2.13 bits per heavy atom. The van der Waals surface area contributed by atoms with E-state index in [0.29, 0.717) is 68.0 Å². The minimum absolute atomic E-state index is 0.0638. The first-order valence-electron chi connectivity index (χ1n) is 12.3. The molecule has 2 aliphatic heterocycles. The average Bonchev–Trinajstić information content (AvgIpc) is 2.94. The third-order valence-corrected chi connectivity index (χ3v) is 7.36. The van der Waals surface area contributed by atoms with E-state index in [9.17, 15) is 18.0 Å². The molecule has 12 nitrogen and oxygen atoms in total. The van der Waals surface area contributed by atoms with Crippen molar-refractivity contribution in [3.05, 3.63) is 54.7 Å². The summed E-state index contributed by atoms with van der Waals surface area (Å²) in [6.45, 7) is 3.08. The number of anilines is 4. The lowest BCUT2D eigenvalue weighted by molar-refractivity contribution is -0.125. The Kier molecular flexibility index (Phi) is 7.72. The molecule has 204 valence electrons. The van der Waals surface area contributed by atoms with E-state index < -0.39 is 15.9 Å². The zero-order valence-electron chi connectivity index (χ0n) is 21.3. The van der Waals surface area contributed by atoms with E-state index in [1.165, 1.54) is 6.20 Å². The van der Waals surface area contributed by atoms with Crippen LogP contribution in [0.3, 0.4) is 0 Å². The third-order valence-electron chi connectivity index (χ3n) is 6.27. The Bertz CT molecular complexity index is 1460. The van der Waals surface area contributed by atoms with E-state index >= 15 is 0 Å². The zero-order chi connectivity index (χ0) is 27.4. The van der Waals surface area contributed by atoms with Crippen LogP contribution in [-0.4, -0.2) is 82.6 Å². The van der Waals surface area contributed by atoms with Gasteiger partial charge in [-0.2, -0.15) is 0 Å². The number of hydrogen-bond donors (Lipinski definition) is 2. The monoisotopic (exact) mass is 552 g/mol. The third kappa shape index (κ3) is 6.33. The fraction of sp³-hybridized carbons (Fsp3) is 0.308. The van der Waals surface area contributed by atoms with Gasteiger partial charge in [-0.15, -0.1) is 0 Å². The quantitative estimate of drug-likeness (QED) is 0.471. The van der Waals surface area contributed by atoms with Crippen LogP contribution in [0, 0.1) is 0 Å². The molecule has 0 radical (unpaired) electrons. The lowest BCUT2D eigenvalue weighted by atomic mass is 10.2. The maximum atomic E-state index is 12.5. The molecule has 0 unspecified atom stereocenters. The van der Waals surface area contributed by atoms with Crippen molar-refractivity contribution >= 4 is 44.7 Å². The number of hydrogen-bond acceptors (Lipinski definition) is 9. The van der Waals surface area contributed by atoms with Gasteiger partial charge >= 0.3 is 6.03 Å². The molecule has 0 saturated carbocycles. The van der Waals surface area contributed by atoms with E-state index in [1.807, 2.05) is 4.90 Å². The molecule has 3 amide bonds. The first kappa shape index (κ1) is 26.5. The summed E-state index contributed by atoms with van der Waals surface area (Å²) in [5, 5.41) is 5.54. The van der Waals surface area contributed by atoms with Gasteiger partial charge in [0.15, 0.2) is 21.5 Å². The number of aromatic nitrogens is 2. The van der Waals surface area contributed by atoms with Crippen LogP contribution < -0.4 is 20.4 Å². The van der Waals surface area contributed by atoms with Crippen molar-refractivity contribution in [3.8, 4) is 11.4 Å². The molecule has 0 atom stereocenters. The first-order valence-corrected chi connectivity index (χ1v) is 14.2. The minimum atomic E-state index is -3.52. The van der Waals surface area contributed by atoms with Gasteiger partial charge in [0.1, 0.15) is 11.5 Å². The van der Waals surface area contributed by atoms with Crippen LogP contribution in [0.1, 0.15) is 0 Å². The molecule has 0 aliphatic carbocycles. The largest absolute Gasteiger partial charge is 0.378 e. The summed E-state index contributed by atoms with van der Waals surface area (Å²) in [7, 11) is -3.52. The van der Waals surface area contributed by atoms with Gasteiger partial charge in [-0.1, -0.05) is 0 Å². The van der Waals surface area contributed by atoms with Gasteiger partial charge in [0.25, 0.3) is 5.91 Å². The summed E-state index contributed by atoms with van der Waals surface area (Å²) >= 11 is 0. The number of sulfone groups is 1.